The number of nitrogens with zero attached hydrogens (tertiary/aromatic N) is 1. The molecular formula is C9H10ClFN2. The van der Waals surface area contributed by atoms with E-state index < -0.39 is 0 Å². The van der Waals surface area contributed by atoms with E-state index in [2.05, 4.69) is 10.3 Å². The zero-order valence-corrected chi connectivity index (χ0v) is 7.81. The highest BCUT2D eigenvalue weighted by Gasteiger charge is 2.21. The molecule has 0 amide bonds. The van der Waals surface area contributed by atoms with Gasteiger partial charge in [-0.15, -0.1) is 0 Å². The molecule has 0 unspecified atom stereocenters. The summed E-state index contributed by atoms with van der Waals surface area (Å²) in [6.07, 6.45) is 3.92. The molecule has 0 spiro atoms. The summed E-state index contributed by atoms with van der Waals surface area (Å²) in [6.45, 7) is 0.811. The average molecular weight is 201 g/mol. The first-order chi connectivity index (χ1) is 6.25. The Hall–Kier alpha value is -0.830. The molecule has 0 bridgehead atoms. The largest absolute Gasteiger partial charge is 0.367 e. The molecular weight excluding hydrogens is 191 g/mol. The van der Waals surface area contributed by atoms with Crippen LogP contribution in [0, 0.1) is 11.7 Å². The molecule has 4 heteroatoms. The molecule has 1 aromatic rings. The van der Waals surface area contributed by atoms with Crippen LogP contribution in [0.5, 0.6) is 0 Å². The monoisotopic (exact) mass is 200 g/mol. The van der Waals surface area contributed by atoms with Crippen molar-refractivity contribution in [2.24, 2.45) is 5.92 Å². The van der Waals surface area contributed by atoms with E-state index in [0.29, 0.717) is 16.8 Å². The Morgan fingerprint density at radius 3 is 3.00 bits per heavy atom. The van der Waals surface area contributed by atoms with Gasteiger partial charge in [0.1, 0.15) is 0 Å². The molecule has 70 valence electrons. The Bertz CT molecular complexity index is 312. The number of hydrogen-bond acceptors (Lipinski definition) is 2. The minimum absolute atomic E-state index is 0.302. The van der Waals surface area contributed by atoms with E-state index in [9.17, 15) is 4.39 Å². The summed E-state index contributed by atoms with van der Waals surface area (Å²) in [6, 6.07) is 1.27. The summed E-state index contributed by atoms with van der Waals surface area (Å²) in [5.41, 5.74) is 0. The maximum absolute atomic E-state index is 13.1. The van der Waals surface area contributed by atoms with E-state index in [1.807, 2.05) is 0 Å². The number of pyridine rings is 1. The third-order valence-electron chi connectivity index (χ3n) is 2.06. The lowest BCUT2D eigenvalue weighted by atomic mass is 10.4. The van der Waals surface area contributed by atoms with Crippen LogP contribution in [0.1, 0.15) is 12.8 Å². The quantitative estimate of drug-likeness (QED) is 0.812. The molecule has 1 saturated carbocycles. The van der Waals surface area contributed by atoms with Gasteiger partial charge in [0.15, 0.2) is 11.6 Å². The van der Waals surface area contributed by atoms with Crippen LogP contribution >= 0.6 is 11.6 Å². The third kappa shape index (κ3) is 2.31. The minimum Gasteiger partial charge on any atom is -0.367 e. The number of aromatic nitrogens is 1. The van der Waals surface area contributed by atoms with Crippen LogP contribution in [-0.2, 0) is 0 Å². The van der Waals surface area contributed by atoms with Crippen molar-refractivity contribution >= 4 is 17.4 Å². The van der Waals surface area contributed by atoms with Gasteiger partial charge in [0.05, 0.1) is 5.02 Å². The van der Waals surface area contributed by atoms with E-state index in [0.717, 1.165) is 6.54 Å². The molecule has 1 fully saturated rings. The maximum Gasteiger partial charge on any atom is 0.166 e. The van der Waals surface area contributed by atoms with Gasteiger partial charge >= 0.3 is 0 Å². The smallest absolute Gasteiger partial charge is 0.166 e. The topological polar surface area (TPSA) is 24.9 Å². The van der Waals surface area contributed by atoms with Crippen molar-refractivity contribution in [2.45, 2.75) is 12.8 Å². The van der Waals surface area contributed by atoms with Gasteiger partial charge in [-0.3, -0.25) is 0 Å². The van der Waals surface area contributed by atoms with Gasteiger partial charge in [0, 0.05) is 12.7 Å². The number of rotatable bonds is 3. The molecule has 1 aliphatic carbocycles. The van der Waals surface area contributed by atoms with Crippen LogP contribution in [0.2, 0.25) is 5.02 Å². The van der Waals surface area contributed by atoms with E-state index in [4.69, 9.17) is 11.6 Å². The van der Waals surface area contributed by atoms with Crippen molar-refractivity contribution in [2.75, 3.05) is 11.9 Å². The molecule has 1 heterocycles. The fourth-order valence-electron chi connectivity index (χ4n) is 1.11. The number of hydrogen-bond donors (Lipinski definition) is 1. The van der Waals surface area contributed by atoms with Gasteiger partial charge in [-0.05, 0) is 24.8 Å². The van der Waals surface area contributed by atoms with Crippen LogP contribution in [0.3, 0.4) is 0 Å². The lowest BCUT2D eigenvalue weighted by Gasteiger charge is -2.04. The van der Waals surface area contributed by atoms with E-state index in [1.165, 1.54) is 25.1 Å². The molecule has 0 aromatic carbocycles. The molecule has 0 saturated heterocycles. The Morgan fingerprint density at radius 1 is 1.62 bits per heavy atom. The molecule has 0 atom stereocenters. The summed E-state index contributed by atoms with van der Waals surface area (Å²) in [5.74, 6) is 0.626. The summed E-state index contributed by atoms with van der Waals surface area (Å²) >= 11 is 5.56. The first kappa shape index (κ1) is 8.75. The van der Waals surface area contributed by atoms with Crippen molar-refractivity contribution in [3.8, 4) is 0 Å². The highest BCUT2D eigenvalue weighted by Crippen LogP contribution is 2.29. The summed E-state index contributed by atoms with van der Waals surface area (Å²) in [5, 5.41) is 3.29. The fourth-order valence-corrected chi connectivity index (χ4v) is 1.25. The second-order valence-electron chi connectivity index (χ2n) is 3.31. The highest BCUT2D eigenvalue weighted by atomic mass is 35.5. The van der Waals surface area contributed by atoms with E-state index in [-0.39, 0.29) is 5.82 Å². The number of halogens is 2. The Kier molecular flexibility index (Phi) is 2.36. The molecule has 0 aliphatic heterocycles. The molecule has 2 nitrogen and oxygen atoms in total. The molecule has 1 aromatic heterocycles. The zero-order chi connectivity index (χ0) is 9.26. The second kappa shape index (κ2) is 3.50. The van der Waals surface area contributed by atoms with Crippen molar-refractivity contribution in [1.29, 1.82) is 0 Å². The molecule has 1 N–H and O–H groups in total. The predicted octanol–water partition coefficient (Wildman–Crippen LogP) is 2.70. The molecule has 13 heavy (non-hydrogen) atoms. The predicted molar refractivity (Wildman–Crippen MR) is 50.4 cm³/mol. The van der Waals surface area contributed by atoms with E-state index >= 15 is 0 Å². The van der Waals surface area contributed by atoms with Gasteiger partial charge in [-0.25, -0.2) is 9.37 Å². The van der Waals surface area contributed by atoms with Gasteiger partial charge in [0.2, 0.25) is 0 Å². The van der Waals surface area contributed by atoms with Crippen molar-refractivity contribution in [1.82, 2.24) is 4.98 Å². The maximum atomic E-state index is 13.1. The van der Waals surface area contributed by atoms with Crippen LogP contribution in [-0.4, -0.2) is 11.5 Å². The van der Waals surface area contributed by atoms with Gasteiger partial charge in [-0.1, -0.05) is 11.6 Å². The van der Waals surface area contributed by atoms with Crippen molar-refractivity contribution in [3.63, 3.8) is 0 Å². The van der Waals surface area contributed by atoms with E-state index in [1.54, 1.807) is 0 Å². The fraction of sp³-hybridized carbons (Fsp3) is 0.444. The average Bonchev–Trinajstić information content (AvgIpc) is 2.86. The highest BCUT2D eigenvalue weighted by molar-refractivity contribution is 6.30. The molecule has 2 rings (SSSR count). The van der Waals surface area contributed by atoms with Crippen LogP contribution < -0.4 is 5.32 Å². The zero-order valence-electron chi connectivity index (χ0n) is 7.06. The molecule has 0 radical (unpaired) electrons. The van der Waals surface area contributed by atoms with Crippen LogP contribution in [0.4, 0.5) is 10.2 Å². The van der Waals surface area contributed by atoms with Crippen molar-refractivity contribution in [3.05, 3.63) is 23.1 Å². The third-order valence-corrected chi connectivity index (χ3v) is 2.27. The molecule has 1 aliphatic rings. The first-order valence-corrected chi connectivity index (χ1v) is 4.68. The van der Waals surface area contributed by atoms with Gasteiger partial charge in [0.25, 0.3) is 0 Å². The Balaban J connectivity index is 2.01. The summed E-state index contributed by atoms with van der Waals surface area (Å²) in [4.78, 5) is 3.86. The van der Waals surface area contributed by atoms with Gasteiger partial charge in [-0.2, -0.15) is 0 Å². The number of anilines is 1. The second-order valence-corrected chi connectivity index (χ2v) is 3.74. The van der Waals surface area contributed by atoms with Crippen LogP contribution in [0.15, 0.2) is 12.3 Å². The lowest BCUT2D eigenvalue weighted by molar-refractivity contribution is 0.623. The van der Waals surface area contributed by atoms with Crippen LogP contribution in [0.25, 0.3) is 0 Å². The lowest BCUT2D eigenvalue weighted by Crippen LogP contribution is -2.06. The first-order valence-electron chi connectivity index (χ1n) is 4.30. The summed E-state index contributed by atoms with van der Waals surface area (Å²) in [7, 11) is 0. The normalized spacial score (nSPS) is 15.8. The summed E-state index contributed by atoms with van der Waals surface area (Å²) < 4.78 is 13.1. The Labute approximate surface area is 81.1 Å². The SMILES string of the molecule is Fc1cc(Cl)cnc1NCC1CC1. The van der Waals surface area contributed by atoms with Crippen molar-refractivity contribution < 1.29 is 4.39 Å². The van der Waals surface area contributed by atoms with Gasteiger partial charge < -0.3 is 5.32 Å². The number of nitrogens with one attached hydrogen (secondary N) is 1. The standard InChI is InChI=1S/C9H10ClFN2/c10-7-3-8(11)9(13-5-7)12-4-6-1-2-6/h3,5-6H,1-2,4H2,(H,12,13). The Morgan fingerprint density at radius 2 is 2.38 bits per heavy atom. The minimum atomic E-state index is -0.381.